The van der Waals surface area contributed by atoms with Crippen LogP contribution in [0, 0.1) is 11.7 Å². The van der Waals surface area contributed by atoms with Gasteiger partial charge in [-0.25, -0.2) is 4.39 Å². The predicted octanol–water partition coefficient (Wildman–Crippen LogP) is 4.13. The van der Waals surface area contributed by atoms with E-state index in [1.807, 2.05) is 18.2 Å². The van der Waals surface area contributed by atoms with Crippen molar-refractivity contribution in [3.63, 3.8) is 0 Å². The molecule has 0 saturated carbocycles. The number of halogens is 2. The third kappa shape index (κ3) is 4.58. The normalized spacial score (nSPS) is 20.6. The topological polar surface area (TPSA) is 40.6 Å². The van der Waals surface area contributed by atoms with Crippen molar-refractivity contribution >= 4 is 23.7 Å². The van der Waals surface area contributed by atoms with Gasteiger partial charge in [-0.15, -0.1) is 0 Å². The summed E-state index contributed by atoms with van der Waals surface area (Å²) < 4.78 is 13.0. The van der Waals surface area contributed by atoms with Crippen LogP contribution < -0.4 is 0 Å². The lowest BCUT2D eigenvalue weighted by Crippen LogP contribution is -2.40. The first-order chi connectivity index (χ1) is 14.0. The van der Waals surface area contributed by atoms with Gasteiger partial charge in [0, 0.05) is 23.7 Å². The highest BCUT2D eigenvalue weighted by atomic mass is 35.5. The largest absolute Gasteiger partial charge is 0.301 e. The fourth-order valence-corrected chi connectivity index (χ4v) is 4.63. The molecule has 0 radical (unpaired) electrons. The Morgan fingerprint density at radius 3 is 2.55 bits per heavy atom. The summed E-state index contributed by atoms with van der Waals surface area (Å²) >= 11 is 6.10. The molecule has 29 heavy (non-hydrogen) atoms. The maximum atomic E-state index is 13.0. The second-order valence-electron chi connectivity index (χ2n) is 8.00. The van der Waals surface area contributed by atoms with Crippen LogP contribution in [0.4, 0.5) is 4.39 Å². The van der Waals surface area contributed by atoms with Crippen LogP contribution in [-0.4, -0.2) is 48.0 Å². The van der Waals surface area contributed by atoms with Gasteiger partial charge in [0.25, 0.3) is 0 Å². The second kappa shape index (κ2) is 8.74. The van der Waals surface area contributed by atoms with Crippen LogP contribution in [0.5, 0.6) is 0 Å². The van der Waals surface area contributed by atoms with Gasteiger partial charge in [0.2, 0.25) is 0 Å². The smallest absolute Gasteiger partial charge is 0.176 e. The molecule has 2 aromatic rings. The molecule has 0 spiro atoms. The third-order valence-electron chi connectivity index (χ3n) is 6.05. The van der Waals surface area contributed by atoms with Gasteiger partial charge in [0.1, 0.15) is 12.1 Å². The Bertz CT molecular complexity index is 894. The number of aldehydes is 1. The minimum atomic E-state index is -0.331. The molecule has 0 aliphatic carbocycles. The van der Waals surface area contributed by atoms with Crippen LogP contribution in [0.25, 0.3) is 0 Å². The predicted molar refractivity (Wildman–Crippen MR) is 111 cm³/mol. The van der Waals surface area contributed by atoms with Crippen LogP contribution in [0.15, 0.2) is 42.5 Å². The summed E-state index contributed by atoms with van der Waals surface area (Å²) in [5.41, 5.74) is 2.75. The van der Waals surface area contributed by atoms with E-state index in [0.29, 0.717) is 23.0 Å². The average molecular weight is 415 g/mol. The van der Waals surface area contributed by atoms with E-state index >= 15 is 0 Å². The summed E-state index contributed by atoms with van der Waals surface area (Å²) in [5.74, 6) is 0.193. The Morgan fingerprint density at radius 1 is 1.14 bits per heavy atom. The van der Waals surface area contributed by atoms with Crippen molar-refractivity contribution in [2.45, 2.75) is 25.4 Å². The molecule has 2 aromatic carbocycles. The summed E-state index contributed by atoms with van der Waals surface area (Å²) in [6.45, 7) is 3.70. The average Bonchev–Trinajstić information content (AvgIpc) is 3.05. The molecule has 4 rings (SSSR count). The van der Waals surface area contributed by atoms with Crippen LogP contribution in [0.3, 0.4) is 0 Å². The van der Waals surface area contributed by atoms with Crippen LogP contribution in [0.1, 0.15) is 40.4 Å². The van der Waals surface area contributed by atoms with Crippen LogP contribution in [-0.2, 0) is 11.3 Å². The summed E-state index contributed by atoms with van der Waals surface area (Å²) in [5, 5.41) is 0.703. The van der Waals surface area contributed by atoms with Crippen molar-refractivity contribution in [3.05, 3.63) is 70.0 Å². The minimum Gasteiger partial charge on any atom is -0.301 e. The molecular formula is C23H24ClFN2O2. The van der Waals surface area contributed by atoms with E-state index in [9.17, 15) is 14.0 Å². The number of nitrogens with zero attached hydrogens (tertiary/aromatic N) is 2. The number of carbonyl (C=O) groups excluding carboxylic acids is 2. The Kier molecular flexibility index (Phi) is 6.09. The van der Waals surface area contributed by atoms with Gasteiger partial charge in [-0.2, -0.15) is 0 Å². The summed E-state index contributed by atoms with van der Waals surface area (Å²) in [6.07, 6.45) is 3.02. The Morgan fingerprint density at radius 2 is 1.86 bits per heavy atom. The molecular weight excluding hydrogens is 391 g/mol. The van der Waals surface area contributed by atoms with Crippen molar-refractivity contribution < 1.29 is 14.0 Å². The monoisotopic (exact) mass is 414 g/mol. The van der Waals surface area contributed by atoms with E-state index in [4.69, 9.17) is 11.6 Å². The quantitative estimate of drug-likeness (QED) is 0.526. The summed E-state index contributed by atoms with van der Waals surface area (Å²) in [4.78, 5) is 28.5. The van der Waals surface area contributed by atoms with Crippen LogP contribution in [0.2, 0.25) is 5.02 Å². The first-order valence-corrected chi connectivity index (χ1v) is 10.4. The standard InChI is InChI=1S/C23H24ClFN2O2/c24-19-3-6-21-18(11-19)13-27(22(21)15-28)12-16-7-9-26(10-8-16)14-23(29)17-1-4-20(25)5-2-17/h1-6,11,15-16,22H,7-10,12-14H2. The number of fused-ring (bicyclic) bond motifs is 1. The van der Waals surface area contributed by atoms with E-state index in [1.54, 1.807) is 12.1 Å². The lowest BCUT2D eigenvalue weighted by Gasteiger charge is -2.34. The van der Waals surface area contributed by atoms with Crippen molar-refractivity contribution in [3.8, 4) is 0 Å². The fourth-order valence-electron chi connectivity index (χ4n) is 4.44. The van der Waals surface area contributed by atoms with Crippen molar-refractivity contribution in [2.24, 2.45) is 5.92 Å². The highest BCUT2D eigenvalue weighted by Gasteiger charge is 2.32. The highest BCUT2D eigenvalue weighted by Crippen LogP contribution is 2.35. The molecule has 0 N–H and O–H groups in total. The first-order valence-electron chi connectivity index (χ1n) is 10.0. The van der Waals surface area contributed by atoms with E-state index in [1.165, 1.54) is 12.1 Å². The van der Waals surface area contributed by atoms with Gasteiger partial charge >= 0.3 is 0 Å². The lowest BCUT2D eigenvalue weighted by molar-refractivity contribution is -0.112. The van der Waals surface area contributed by atoms with Gasteiger partial charge in [0.15, 0.2) is 5.78 Å². The van der Waals surface area contributed by atoms with Gasteiger partial charge in [-0.05, 0) is 79.4 Å². The Balaban J connectivity index is 1.29. The summed E-state index contributed by atoms with van der Waals surface area (Å²) in [7, 11) is 0. The number of benzene rings is 2. The lowest BCUT2D eigenvalue weighted by atomic mass is 9.95. The number of hydrogen-bond donors (Lipinski definition) is 0. The molecule has 4 nitrogen and oxygen atoms in total. The Labute approximate surface area is 175 Å². The van der Waals surface area contributed by atoms with Gasteiger partial charge < -0.3 is 4.79 Å². The molecule has 2 heterocycles. The van der Waals surface area contributed by atoms with E-state index in [0.717, 1.165) is 56.4 Å². The molecule has 2 aliphatic rings. The van der Waals surface area contributed by atoms with Crippen molar-refractivity contribution in [1.82, 2.24) is 9.80 Å². The van der Waals surface area contributed by atoms with Crippen molar-refractivity contribution in [2.75, 3.05) is 26.2 Å². The molecule has 6 heteroatoms. The molecule has 1 atom stereocenters. The maximum Gasteiger partial charge on any atom is 0.176 e. The fraction of sp³-hybridized carbons (Fsp3) is 0.391. The van der Waals surface area contributed by atoms with Crippen molar-refractivity contribution in [1.29, 1.82) is 0 Å². The zero-order chi connectivity index (χ0) is 20.4. The number of hydrogen-bond acceptors (Lipinski definition) is 4. The van der Waals surface area contributed by atoms with Gasteiger partial charge in [-0.1, -0.05) is 17.7 Å². The number of Topliss-reactive ketones (excluding diaryl/α,β-unsaturated/α-hetero) is 1. The maximum absolute atomic E-state index is 13.0. The number of ketones is 1. The van der Waals surface area contributed by atoms with Gasteiger partial charge in [0.05, 0.1) is 12.6 Å². The molecule has 152 valence electrons. The zero-order valence-corrected chi connectivity index (χ0v) is 16.9. The second-order valence-corrected chi connectivity index (χ2v) is 8.44. The Hall–Kier alpha value is -2.08. The number of rotatable bonds is 6. The number of piperidine rings is 1. The van der Waals surface area contributed by atoms with E-state index in [2.05, 4.69) is 9.80 Å². The van der Waals surface area contributed by atoms with Crippen LogP contribution >= 0.6 is 11.6 Å². The molecule has 0 aromatic heterocycles. The molecule has 0 bridgehead atoms. The molecule has 1 fully saturated rings. The molecule has 1 saturated heterocycles. The van der Waals surface area contributed by atoms with E-state index in [-0.39, 0.29) is 17.6 Å². The SMILES string of the molecule is O=CC1c2ccc(Cl)cc2CN1CC1CCN(CC(=O)c2ccc(F)cc2)CC1. The third-order valence-corrected chi connectivity index (χ3v) is 6.29. The molecule has 1 unspecified atom stereocenters. The zero-order valence-electron chi connectivity index (χ0n) is 16.2. The number of carbonyl (C=O) groups is 2. The van der Waals surface area contributed by atoms with E-state index < -0.39 is 0 Å². The summed E-state index contributed by atoms with van der Waals surface area (Å²) in [6, 6.07) is 11.3. The molecule has 0 amide bonds. The highest BCUT2D eigenvalue weighted by molar-refractivity contribution is 6.30. The van der Waals surface area contributed by atoms with Gasteiger partial charge in [-0.3, -0.25) is 14.6 Å². The minimum absolute atomic E-state index is 0.0244. The number of likely N-dealkylation sites (tertiary alicyclic amines) is 1. The molecule has 2 aliphatic heterocycles. The first kappa shape index (κ1) is 20.2.